The minimum Gasteiger partial charge on any atom is -0.387 e. The second-order valence-corrected chi connectivity index (χ2v) is 8.79. The first kappa shape index (κ1) is 15.1. The van der Waals surface area contributed by atoms with Crippen LogP contribution in [0, 0.1) is 12.8 Å². The zero-order valence-electron chi connectivity index (χ0n) is 14.6. The zero-order valence-corrected chi connectivity index (χ0v) is 14.6. The van der Waals surface area contributed by atoms with Crippen molar-refractivity contribution < 1.29 is 9.90 Å². The van der Waals surface area contributed by atoms with E-state index in [1.807, 2.05) is 0 Å². The first-order valence-electron chi connectivity index (χ1n) is 9.60. The van der Waals surface area contributed by atoms with E-state index >= 15 is 0 Å². The monoisotopic (exact) mass is 325 g/mol. The summed E-state index contributed by atoms with van der Waals surface area (Å²) in [7, 11) is 0. The summed E-state index contributed by atoms with van der Waals surface area (Å²) >= 11 is 0. The first-order valence-corrected chi connectivity index (χ1v) is 9.60. The molecule has 2 bridgehead atoms. The van der Waals surface area contributed by atoms with E-state index in [1.54, 1.807) is 0 Å². The summed E-state index contributed by atoms with van der Waals surface area (Å²) in [6, 6.07) is 6.89. The molecule has 1 N–H and O–H groups in total. The Morgan fingerprint density at radius 3 is 2.92 bits per heavy atom. The molecular weight excluding hydrogens is 298 g/mol. The topological polar surface area (TPSA) is 40.5 Å². The Hall–Kier alpha value is -1.19. The molecule has 4 aliphatic rings. The van der Waals surface area contributed by atoms with Gasteiger partial charge >= 0.3 is 0 Å². The van der Waals surface area contributed by atoms with Crippen molar-refractivity contribution in [3.63, 3.8) is 0 Å². The SMILES string of the molecule is Cc1ccc2c(c1)[C@@]13CCC(=O)C[C@@]1(O)[C@@H](C2)N(CC1CC1)CC3. The quantitative estimate of drug-likeness (QED) is 0.909. The van der Waals surface area contributed by atoms with Crippen molar-refractivity contribution >= 4 is 5.78 Å². The molecule has 0 spiro atoms. The molecular formula is C21H27NO2. The number of rotatable bonds is 2. The van der Waals surface area contributed by atoms with Gasteiger partial charge in [0.2, 0.25) is 0 Å². The highest BCUT2D eigenvalue weighted by Crippen LogP contribution is 2.57. The highest BCUT2D eigenvalue weighted by Gasteiger charge is 2.64. The molecule has 3 atom stereocenters. The lowest BCUT2D eigenvalue weighted by atomic mass is 9.49. The fourth-order valence-corrected chi connectivity index (χ4v) is 5.87. The smallest absolute Gasteiger partial charge is 0.135 e. The van der Waals surface area contributed by atoms with Gasteiger partial charge in [-0.3, -0.25) is 9.69 Å². The maximum Gasteiger partial charge on any atom is 0.135 e. The molecule has 3 fully saturated rings. The van der Waals surface area contributed by atoms with Crippen LogP contribution in [0.2, 0.25) is 0 Å². The summed E-state index contributed by atoms with van der Waals surface area (Å²) in [4.78, 5) is 14.8. The van der Waals surface area contributed by atoms with Crippen LogP contribution in [-0.2, 0) is 16.6 Å². The molecule has 1 heterocycles. The molecule has 128 valence electrons. The second-order valence-electron chi connectivity index (χ2n) is 8.79. The van der Waals surface area contributed by atoms with Crippen molar-refractivity contribution in [2.75, 3.05) is 13.1 Å². The molecule has 0 amide bonds. The molecule has 3 aliphatic carbocycles. The molecule has 1 aliphatic heterocycles. The predicted octanol–water partition coefficient (Wildman–Crippen LogP) is 2.76. The summed E-state index contributed by atoms with van der Waals surface area (Å²) in [5, 5.41) is 11.9. The van der Waals surface area contributed by atoms with Gasteiger partial charge in [-0.05, 0) is 62.6 Å². The average molecular weight is 325 g/mol. The van der Waals surface area contributed by atoms with Crippen LogP contribution in [0.3, 0.4) is 0 Å². The number of Topliss-reactive ketones (excluding diaryl/α,β-unsaturated/α-hetero) is 1. The van der Waals surface area contributed by atoms with Crippen LogP contribution < -0.4 is 0 Å². The van der Waals surface area contributed by atoms with Crippen LogP contribution in [0.4, 0.5) is 0 Å². The fourth-order valence-electron chi connectivity index (χ4n) is 5.87. The highest BCUT2D eigenvalue weighted by molar-refractivity contribution is 5.82. The summed E-state index contributed by atoms with van der Waals surface area (Å²) in [6.07, 6.45) is 6.37. The summed E-state index contributed by atoms with van der Waals surface area (Å²) < 4.78 is 0. The Labute approximate surface area is 144 Å². The van der Waals surface area contributed by atoms with Gasteiger partial charge in [-0.25, -0.2) is 0 Å². The lowest BCUT2D eigenvalue weighted by Gasteiger charge is -2.63. The van der Waals surface area contributed by atoms with Crippen LogP contribution in [0.1, 0.15) is 55.2 Å². The molecule has 3 nitrogen and oxygen atoms in total. The third-order valence-corrected chi connectivity index (χ3v) is 7.33. The molecule has 2 saturated carbocycles. The summed E-state index contributed by atoms with van der Waals surface area (Å²) in [5.74, 6) is 1.07. The van der Waals surface area contributed by atoms with Gasteiger partial charge in [0.05, 0.1) is 5.60 Å². The van der Waals surface area contributed by atoms with Gasteiger partial charge < -0.3 is 5.11 Å². The standard InChI is InChI=1S/C21H27NO2/c1-14-2-5-16-11-19-21(24)12-17(23)6-7-20(21,18(16)10-14)8-9-22(19)13-15-3-4-15/h2,5,10,15,19,24H,3-4,6-9,11-13H2,1H3/t19-,20+,21-/m1/s1. The van der Waals surface area contributed by atoms with Gasteiger partial charge in [0.1, 0.15) is 5.78 Å². The van der Waals surface area contributed by atoms with Crippen molar-refractivity contribution in [2.24, 2.45) is 5.92 Å². The number of fused-ring (bicyclic) bond motifs is 1. The van der Waals surface area contributed by atoms with E-state index in [1.165, 1.54) is 29.5 Å². The number of carbonyl (C=O) groups excluding carboxylic acids is 1. The largest absolute Gasteiger partial charge is 0.387 e. The number of nitrogens with zero attached hydrogens (tertiary/aromatic N) is 1. The highest BCUT2D eigenvalue weighted by atomic mass is 16.3. The number of carbonyl (C=O) groups is 1. The summed E-state index contributed by atoms with van der Waals surface area (Å²) in [5.41, 5.74) is 2.95. The molecule has 3 heteroatoms. The molecule has 0 radical (unpaired) electrons. The Morgan fingerprint density at radius 2 is 2.12 bits per heavy atom. The number of ketones is 1. The average Bonchev–Trinajstić information content (AvgIpc) is 3.34. The maximum atomic E-state index is 12.3. The Kier molecular flexibility index (Phi) is 3.10. The van der Waals surface area contributed by atoms with Crippen molar-refractivity contribution in [3.05, 3.63) is 34.9 Å². The van der Waals surface area contributed by atoms with Gasteiger partial charge in [-0.15, -0.1) is 0 Å². The van der Waals surface area contributed by atoms with Crippen LogP contribution in [-0.4, -0.2) is 40.5 Å². The van der Waals surface area contributed by atoms with Gasteiger partial charge in [0.25, 0.3) is 0 Å². The van der Waals surface area contributed by atoms with Crippen molar-refractivity contribution in [2.45, 2.75) is 68.9 Å². The molecule has 1 aromatic carbocycles. The molecule has 0 aromatic heterocycles. The van der Waals surface area contributed by atoms with Gasteiger partial charge in [0, 0.05) is 30.8 Å². The van der Waals surface area contributed by atoms with Crippen molar-refractivity contribution in [3.8, 4) is 0 Å². The third-order valence-electron chi connectivity index (χ3n) is 7.33. The Balaban J connectivity index is 1.65. The zero-order chi connectivity index (χ0) is 16.5. The number of piperidine rings is 1. The van der Waals surface area contributed by atoms with Crippen LogP contribution >= 0.6 is 0 Å². The van der Waals surface area contributed by atoms with E-state index in [0.29, 0.717) is 12.8 Å². The third kappa shape index (κ3) is 1.94. The number of benzene rings is 1. The number of hydrogen-bond acceptors (Lipinski definition) is 3. The van der Waals surface area contributed by atoms with E-state index in [2.05, 4.69) is 30.0 Å². The van der Waals surface area contributed by atoms with E-state index in [4.69, 9.17) is 0 Å². The lowest BCUT2D eigenvalue weighted by Crippen LogP contribution is -2.73. The minimum atomic E-state index is -0.865. The van der Waals surface area contributed by atoms with Crippen LogP contribution in [0.25, 0.3) is 0 Å². The summed E-state index contributed by atoms with van der Waals surface area (Å²) in [6.45, 7) is 4.32. The fraction of sp³-hybridized carbons (Fsp3) is 0.667. The molecule has 24 heavy (non-hydrogen) atoms. The molecule has 1 aromatic rings. The molecule has 1 saturated heterocycles. The Morgan fingerprint density at radius 1 is 1.29 bits per heavy atom. The van der Waals surface area contributed by atoms with E-state index in [0.717, 1.165) is 38.3 Å². The van der Waals surface area contributed by atoms with Crippen LogP contribution in [0.5, 0.6) is 0 Å². The van der Waals surface area contributed by atoms with Gasteiger partial charge in [0.15, 0.2) is 0 Å². The molecule has 0 unspecified atom stereocenters. The predicted molar refractivity (Wildman–Crippen MR) is 93.1 cm³/mol. The maximum absolute atomic E-state index is 12.3. The molecule has 5 rings (SSSR count). The lowest BCUT2D eigenvalue weighted by molar-refractivity contribution is -0.173. The van der Waals surface area contributed by atoms with E-state index in [9.17, 15) is 9.90 Å². The minimum absolute atomic E-state index is 0.117. The van der Waals surface area contributed by atoms with Gasteiger partial charge in [-0.2, -0.15) is 0 Å². The number of aryl methyl sites for hydroxylation is 1. The van der Waals surface area contributed by atoms with Crippen LogP contribution in [0.15, 0.2) is 18.2 Å². The Bertz CT molecular complexity index is 710. The first-order chi connectivity index (χ1) is 11.5. The number of aliphatic hydroxyl groups is 1. The van der Waals surface area contributed by atoms with E-state index in [-0.39, 0.29) is 17.2 Å². The van der Waals surface area contributed by atoms with Crippen molar-refractivity contribution in [1.82, 2.24) is 4.90 Å². The second kappa shape index (κ2) is 4.92. The number of hydrogen-bond donors (Lipinski definition) is 1. The van der Waals surface area contributed by atoms with Gasteiger partial charge in [-0.1, -0.05) is 23.8 Å². The number of likely N-dealkylation sites (tertiary alicyclic amines) is 1. The normalized spacial score (nSPS) is 38.6. The van der Waals surface area contributed by atoms with E-state index < -0.39 is 5.60 Å². The van der Waals surface area contributed by atoms with Crippen molar-refractivity contribution in [1.29, 1.82) is 0 Å².